The van der Waals surface area contributed by atoms with E-state index in [4.69, 9.17) is 14.2 Å². The number of ether oxygens (including phenoxy) is 3. The first-order chi connectivity index (χ1) is 13.1. The molecule has 3 rings (SSSR count). The molecule has 0 aromatic heterocycles. The molecule has 4 heteroatoms. The van der Waals surface area contributed by atoms with Crippen molar-refractivity contribution in [3.8, 4) is 45.3 Å². The lowest BCUT2D eigenvalue weighted by Crippen LogP contribution is -1.96. The normalized spacial score (nSPS) is 10.5. The van der Waals surface area contributed by atoms with E-state index in [1.165, 1.54) is 0 Å². The minimum atomic E-state index is 0.183. The van der Waals surface area contributed by atoms with E-state index in [0.29, 0.717) is 12.2 Å². The summed E-state index contributed by atoms with van der Waals surface area (Å²) in [6, 6.07) is 17.6. The fourth-order valence-electron chi connectivity index (χ4n) is 3.21. The molecule has 0 aliphatic carbocycles. The van der Waals surface area contributed by atoms with E-state index in [1.54, 1.807) is 21.3 Å². The van der Waals surface area contributed by atoms with Crippen LogP contribution in [0.5, 0.6) is 23.0 Å². The first-order valence-electron chi connectivity index (χ1n) is 8.84. The third-order valence-corrected chi connectivity index (χ3v) is 4.70. The zero-order chi connectivity index (χ0) is 19.4. The van der Waals surface area contributed by atoms with Gasteiger partial charge in [-0.05, 0) is 59.0 Å². The standard InChI is InChI=1S/C23H24O4/c1-5-15-14-20(16-6-10-18(25-2)11-7-16)21(23(27-4)22(15)24)17-8-12-19(26-3)13-9-17/h6-14,24H,5H2,1-4H3. The Hall–Kier alpha value is -3.14. The number of phenols is 1. The number of aryl methyl sites for hydroxylation is 1. The highest BCUT2D eigenvalue weighted by Crippen LogP contribution is 2.47. The summed E-state index contributed by atoms with van der Waals surface area (Å²) < 4.78 is 16.2. The molecule has 3 aromatic carbocycles. The van der Waals surface area contributed by atoms with Gasteiger partial charge in [-0.15, -0.1) is 0 Å². The second-order valence-corrected chi connectivity index (χ2v) is 6.15. The number of benzene rings is 3. The maximum atomic E-state index is 10.7. The van der Waals surface area contributed by atoms with Crippen LogP contribution in [0.4, 0.5) is 0 Å². The molecular formula is C23H24O4. The highest BCUT2D eigenvalue weighted by atomic mass is 16.5. The van der Waals surface area contributed by atoms with Crippen LogP contribution in [0.3, 0.4) is 0 Å². The monoisotopic (exact) mass is 364 g/mol. The van der Waals surface area contributed by atoms with Gasteiger partial charge in [0, 0.05) is 5.56 Å². The van der Waals surface area contributed by atoms with Gasteiger partial charge in [-0.3, -0.25) is 0 Å². The molecule has 0 aliphatic rings. The lowest BCUT2D eigenvalue weighted by molar-refractivity contribution is 0.372. The van der Waals surface area contributed by atoms with Gasteiger partial charge in [0.2, 0.25) is 0 Å². The molecule has 27 heavy (non-hydrogen) atoms. The Morgan fingerprint density at radius 1 is 0.741 bits per heavy atom. The summed E-state index contributed by atoms with van der Waals surface area (Å²) in [5.74, 6) is 2.23. The number of hydrogen-bond acceptors (Lipinski definition) is 4. The van der Waals surface area contributed by atoms with E-state index in [2.05, 4.69) is 0 Å². The van der Waals surface area contributed by atoms with Crippen LogP contribution in [0.25, 0.3) is 22.3 Å². The smallest absolute Gasteiger partial charge is 0.169 e. The fourth-order valence-corrected chi connectivity index (χ4v) is 3.21. The van der Waals surface area contributed by atoms with Gasteiger partial charge in [0.1, 0.15) is 11.5 Å². The van der Waals surface area contributed by atoms with Crippen molar-refractivity contribution in [2.45, 2.75) is 13.3 Å². The number of rotatable bonds is 6. The van der Waals surface area contributed by atoms with Gasteiger partial charge in [0.05, 0.1) is 21.3 Å². The first-order valence-corrected chi connectivity index (χ1v) is 8.84. The maximum Gasteiger partial charge on any atom is 0.169 e. The van der Waals surface area contributed by atoms with Crippen LogP contribution in [0.2, 0.25) is 0 Å². The number of phenolic OH excluding ortho intramolecular Hbond substituents is 1. The topological polar surface area (TPSA) is 47.9 Å². The molecule has 0 aliphatic heterocycles. The molecule has 0 spiro atoms. The van der Waals surface area contributed by atoms with Crippen LogP contribution in [0, 0.1) is 0 Å². The van der Waals surface area contributed by atoms with Crippen LogP contribution in [0.1, 0.15) is 12.5 Å². The average molecular weight is 364 g/mol. The summed E-state index contributed by atoms with van der Waals surface area (Å²) in [6.45, 7) is 2.01. The minimum Gasteiger partial charge on any atom is -0.504 e. The third-order valence-electron chi connectivity index (χ3n) is 4.70. The fraction of sp³-hybridized carbons (Fsp3) is 0.217. The van der Waals surface area contributed by atoms with Crippen LogP contribution in [-0.2, 0) is 6.42 Å². The Morgan fingerprint density at radius 3 is 1.70 bits per heavy atom. The van der Waals surface area contributed by atoms with Crippen LogP contribution in [0.15, 0.2) is 54.6 Å². The van der Waals surface area contributed by atoms with Crippen LogP contribution < -0.4 is 14.2 Å². The SMILES string of the molecule is CCc1cc(-c2ccc(OC)cc2)c(-c2ccc(OC)cc2)c(OC)c1O. The molecule has 4 nitrogen and oxygen atoms in total. The molecule has 0 heterocycles. The Bertz CT molecular complexity index is 913. The first kappa shape index (κ1) is 18.6. The van der Waals surface area contributed by atoms with Crippen molar-refractivity contribution in [1.29, 1.82) is 0 Å². The molecule has 0 saturated carbocycles. The van der Waals surface area contributed by atoms with Crippen molar-refractivity contribution in [2.24, 2.45) is 0 Å². The van der Waals surface area contributed by atoms with E-state index < -0.39 is 0 Å². The minimum absolute atomic E-state index is 0.183. The summed E-state index contributed by atoms with van der Waals surface area (Å²) >= 11 is 0. The second kappa shape index (κ2) is 8.04. The van der Waals surface area contributed by atoms with Gasteiger partial charge in [-0.2, -0.15) is 0 Å². The molecular weight excluding hydrogens is 340 g/mol. The van der Waals surface area contributed by atoms with Crippen LogP contribution in [-0.4, -0.2) is 26.4 Å². The van der Waals surface area contributed by atoms with E-state index in [-0.39, 0.29) is 5.75 Å². The largest absolute Gasteiger partial charge is 0.504 e. The van der Waals surface area contributed by atoms with Gasteiger partial charge < -0.3 is 19.3 Å². The average Bonchev–Trinajstić information content (AvgIpc) is 2.73. The molecule has 0 amide bonds. The Balaban J connectivity index is 2.28. The van der Waals surface area contributed by atoms with Crippen molar-refractivity contribution in [3.63, 3.8) is 0 Å². The molecule has 0 fully saturated rings. The predicted octanol–water partition coefficient (Wildman–Crippen LogP) is 5.31. The summed E-state index contributed by atoms with van der Waals surface area (Å²) in [6.07, 6.45) is 0.703. The van der Waals surface area contributed by atoms with E-state index in [1.807, 2.05) is 61.5 Å². The zero-order valence-corrected chi connectivity index (χ0v) is 16.1. The summed E-state index contributed by atoms with van der Waals surface area (Å²) in [4.78, 5) is 0. The van der Waals surface area contributed by atoms with Crippen molar-refractivity contribution >= 4 is 0 Å². The Morgan fingerprint density at radius 2 is 1.26 bits per heavy atom. The van der Waals surface area contributed by atoms with E-state index >= 15 is 0 Å². The van der Waals surface area contributed by atoms with Gasteiger partial charge in [0.15, 0.2) is 11.5 Å². The highest BCUT2D eigenvalue weighted by Gasteiger charge is 2.20. The van der Waals surface area contributed by atoms with Gasteiger partial charge in [-0.1, -0.05) is 31.2 Å². The lowest BCUT2D eigenvalue weighted by Gasteiger charge is -2.19. The van der Waals surface area contributed by atoms with Crippen molar-refractivity contribution in [3.05, 3.63) is 60.2 Å². The number of methoxy groups -OCH3 is 3. The van der Waals surface area contributed by atoms with Crippen molar-refractivity contribution < 1.29 is 19.3 Å². The number of aromatic hydroxyl groups is 1. The van der Waals surface area contributed by atoms with Gasteiger partial charge in [-0.25, -0.2) is 0 Å². The number of hydrogen-bond donors (Lipinski definition) is 1. The van der Waals surface area contributed by atoms with Crippen molar-refractivity contribution in [1.82, 2.24) is 0 Å². The summed E-state index contributed by atoms with van der Waals surface area (Å²) in [5, 5.41) is 10.7. The van der Waals surface area contributed by atoms with Crippen molar-refractivity contribution in [2.75, 3.05) is 21.3 Å². The van der Waals surface area contributed by atoms with Gasteiger partial charge in [0.25, 0.3) is 0 Å². The van der Waals surface area contributed by atoms with Gasteiger partial charge >= 0.3 is 0 Å². The summed E-state index contributed by atoms with van der Waals surface area (Å²) in [7, 11) is 4.87. The molecule has 0 unspecified atom stereocenters. The van der Waals surface area contributed by atoms with E-state index in [0.717, 1.165) is 39.3 Å². The predicted molar refractivity (Wildman–Crippen MR) is 108 cm³/mol. The maximum absolute atomic E-state index is 10.7. The molecule has 1 N–H and O–H groups in total. The second-order valence-electron chi connectivity index (χ2n) is 6.15. The van der Waals surface area contributed by atoms with E-state index in [9.17, 15) is 5.11 Å². The highest BCUT2D eigenvalue weighted by molar-refractivity contribution is 5.90. The molecule has 0 saturated heterocycles. The molecule has 140 valence electrons. The molecule has 3 aromatic rings. The Kier molecular flexibility index (Phi) is 5.55. The molecule has 0 radical (unpaired) electrons. The zero-order valence-electron chi connectivity index (χ0n) is 16.1. The Labute approximate surface area is 160 Å². The lowest BCUT2D eigenvalue weighted by atomic mass is 9.90. The summed E-state index contributed by atoms with van der Waals surface area (Å²) in [5.41, 5.74) is 4.65. The third kappa shape index (κ3) is 3.56. The van der Waals surface area contributed by atoms with Crippen LogP contribution >= 0.6 is 0 Å². The molecule has 0 atom stereocenters. The molecule has 0 bridgehead atoms. The quantitative estimate of drug-likeness (QED) is 0.643.